The zero-order valence-corrected chi connectivity index (χ0v) is 9.87. The minimum Gasteiger partial charge on any atom is -0.476 e. The Morgan fingerprint density at radius 3 is 2.75 bits per heavy atom. The third-order valence-electron chi connectivity index (χ3n) is 2.83. The molecule has 1 aromatic rings. The van der Waals surface area contributed by atoms with Crippen LogP contribution in [0.2, 0.25) is 0 Å². The lowest BCUT2D eigenvalue weighted by molar-refractivity contribution is 0.242. The second-order valence-electron chi connectivity index (χ2n) is 4.04. The first-order valence-corrected chi connectivity index (χ1v) is 5.92. The van der Waals surface area contributed by atoms with Crippen LogP contribution in [-0.2, 0) is 0 Å². The predicted octanol–water partition coefficient (Wildman–Crippen LogP) is 1.68. The Balaban J connectivity index is 2.00. The molecule has 0 atom stereocenters. The van der Waals surface area contributed by atoms with Crippen LogP contribution >= 0.6 is 12.2 Å². The molecule has 4 nitrogen and oxygen atoms in total. The molecule has 0 bridgehead atoms. The van der Waals surface area contributed by atoms with Crippen LogP contribution in [0.25, 0.3) is 0 Å². The molecule has 0 aliphatic heterocycles. The third kappa shape index (κ3) is 2.66. The number of rotatable bonds is 4. The second kappa shape index (κ2) is 5.21. The summed E-state index contributed by atoms with van der Waals surface area (Å²) in [5, 5.41) is 0. The molecule has 0 amide bonds. The van der Waals surface area contributed by atoms with Gasteiger partial charge in [0.2, 0.25) is 5.88 Å². The minimum atomic E-state index is 0.231. The van der Waals surface area contributed by atoms with Crippen LogP contribution in [0.15, 0.2) is 12.4 Å². The smallest absolute Gasteiger partial charge is 0.243 e. The molecule has 5 heteroatoms. The predicted molar refractivity (Wildman–Crippen MR) is 65.4 cm³/mol. The summed E-state index contributed by atoms with van der Waals surface area (Å²) >= 11 is 4.89. The highest BCUT2D eigenvalue weighted by Crippen LogP contribution is 2.25. The maximum atomic E-state index is 5.64. The van der Waals surface area contributed by atoms with Crippen molar-refractivity contribution in [3.05, 3.63) is 18.1 Å². The highest BCUT2D eigenvalue weighted by atomic mass is 32.1. The fourth-order valence-corrected chi connectivity index (χ4v) is 2.11. The summed E-state index contributed by atoms with van der Waals surface area (Å²) < 4.78 is 5.64. The molecule has 1 fully saturated rings. The molecule has 0 unspecified atom stereocenters. The number of aromatic nitrogens is 2. The number of thiocarbonyl (C=S) groups is 1. The van der Waals surface area contributed by atoms with Crippen molar-refractivity contribution in [2.45, 2.75) is 25.7 Å². The molecule has 0 spiro atoms. The minimum absolute atomic E-state index is 0.231. The maximum absolute atomic E-state index is 5.64. The van der Waals surface area contributed by atoms with Crippen LogP contribution in [0.5, 0.6) is 5.88 Å². The van der Waals surface area contributed by atoms with E-state index in [1.54, 1.807) is 12.4 Å². The van der Waals surface area contributed by atoms with Crippen molar-refractivity contribution in [3.8, 4) is 5.88 Å². The lowest BCUT2D eigenvalue weighted by Gasteiger charge is -2.12. The van der Waals surface area contributed by atoms with Gasteiger partial charge in [0.25, 0.3) is 0 Å². The Morgan fingerprint density at radius 2 is 2.06 bits per heavy atom. The van der Waals surface area contributed by atoms with Gasteiger partial charge in [0.05, 0.1) is 6.61 Å². The monoisotopic (exact) mass is 237 g/mol. The Kier molecular flexibility index (Phi) is 3.66. The van der Waals surface area contributed by atoms with Gasteiger partial charge in [-0.15, -0.1) is 0 Å². The van der Waals surface area contributed by atoms with Crippen molar-refractivity contribution in [2.24, 2.45) is 11.7 Å². The van der Waals surface area contributed by atoms with Crippen molar-refractivity contribution < 1.29 is 4.74 Å². The van der Waals surface area contributed by atoms with Gasteiger partial charge in [-0.25, -0.2) is 9.97 Å². The van der Waals surface area contributed by atoms with Crippen molar-refractivity contribution in [3.63, 3.8) is 0 Å². The number of hydrogen-bond donors (Lipinski definition) is 1. The van der Waals surface area contributed by atoms with Gasteiger partial charge in [-0.05, 0) is 18.8 Å². The van der Waals surface area contributed by atoms with Crippen LogP contribution < -0.4 is 10.5 Å². The second-order valence-corrected chi connectivity index (χ2v) is 4.48. The molecule has 2 rings (SSSR count). The van der Waals surface area contributed by atoms with Crippen LogP contribution in [0.4, 0.5) is 0 Å². The van der Waals surface area contributed by atoms with E-state index in [2.05, 4.69) is 9.97 Å². The molecule has 1 aromatic heterocycles. The van der Waals surface area contributed by atoms with Gasteiger partial charge >= 0.3 is 0 Å². The molecular weight excluding hydrogens is 222 g/mol. The molecule has 1 aliphatic rings. The van der Waals surface area contributed by atoms with E-state index < -0.39 is 0 Å². The largest absolute Gasteiger partial charge is 0.476 e. The normalized spacial score (nSPS) is 16.2. The summed E-state index contributed by atoms with van der Waals surface area (Å²) in [5.41, 5.74) is 6.03. The van der Waals surface area contributed by atoms with Crippen molar-refractivity contribution in [2.75, 3.05) is 6.61 Å². The summed E-state index contributed by atoms with van der Waals surface area (Å²) in [4.78, 5) is 8.41. The Morgan fingerprint density at radius 1 is 1.38 bits per heavy atom. The van der Waals surface area contributed by atoms with Crippen LogP contribution in [0.3, 0.4) is 0 Å². The van der Waals surface area contributed by atoms with E-state index in [0.717, 1.165) is 0 Å². The molecule has 16 heavy (non-hydrogen) atoms. The van der Waals surface area contributed by atoms with E-state index in [0.29, 0.717) is 24.1 Å². The number of nitrogens with two attached hydrogens (primary N) is 1. The van der Waals surface area contributed by atoms with E-state index >= 15 is 0 Å². The maximum Gasteiger partial charge on any atom is 0.243 e. The standard InChI is InChI=1S/C11H15N3OS/c12-10(16)9-11(14-6-5-13-9)15-7-8-3-1-2-4-8/h5-6,8H,1-4,7H2,(H2,12,16). The van der Waals surface area contributed by atoms with Gasteiger partial charge in [0.15, 0.2) is 5.69 Å². The number of nitrogens with zero attached hydrogens (tertiary/aromatic N) is 2. The molecule has 0 aromatic carbocycles. The lowest BCUT2D eigenvalue weighted by atomic mass is 10.1. The fraction of sp³-hybridized carbons (Fsp3) is 0.545. The van der Waals surface area contributed by atoms with Crippen molar-refractivity contribution in [1.29, 1.82) is 0 Å². The molecular formula is C11H15N3OS. The highest BCUT2D eigenvalue weighted by molar-refractivity contribution is 7.80. The van der Waals surface area contributed by atoms with Crippen LogP contribution in [0.1, 0.15) is 31.4 Å². The van der Waals surface area contributed by atoms with E-state index in [1.165, 1.54) is 25.7 Å². The first kappa shape index (κ1) is 11.3. The van der Waals surface area contributed by atoms with Crippen LogP contribution in [-0.4, -0.2) is 21.6 Å². The molecule has 1 aliphatic carbocycles. The summed E-state index contributed by atoms with van der Waals surface area (Å²) in [6, 6.07) is 0. The quantitative estimate of drug-likeness (QED) is 0.807. The average Bonchev–Trinajstić information content (AvgIpc) is 2.79. The highest BCUT2D eigenvalue weighted by Gasteiger charge is 2.17. The van der Waals surface area contributed by atoms with Crippen LogP contribution in [0, 0.1) is 5.92 Å². The van der Waals surface area contributed by atoms with Crippen molar-refractivity contribution in [1.82, 2.24) is 9.97 Å². The Labute approximate surface area is 100 Å². The number of ether oxygens (including phenoxy) is 1. The fourth-order valence-electron chi connectivity index (χ4n) is 1.97. The molecule has 0 radical (unpaired) electrons. The average molecular weight is 237 g/mol. The zero-order valence-electron chi connectivity index (χ0n) is 9.06. The molecule has 1 heterocycles. The zero-order chi connectivity index (χ0) is 11.4. The van der Waals surface area contributed by atoms with Gasteiger partial charge in [0, 0.05) is 12.4 Å². The third-order valence-corrected chi connectivity index (χ3v) is 3.02. The van der Waals surface area contributed by atoms with Gasteiger partial charge in [0.1, 0.15) is 4.99 Å². The van der Waals surface area contributed by atoms with Gasteiger partial charge in [-0.3, -0.25) is 0 Å². The summed E-state index contributed by atoms with van der Waals surface area (Å²) in [6.07, 6.45) is 8.24. The van der Waals surface area contributed by atoms with Crippen molar-refractivity contribution >= 4 is 17.2 Å². The Hall–Kier alpha value is -1.23. The van der Waals surface area contributed by atoms with E-state index in [-0.39, 0.29) is 4.99 Å². The molecule has 0 saturated heterocycles. The summed E-state index contributed by atoms with van der Waals surface area (Å²) in [6.45, 7) is 0.689. The SMILES string of the molecule is NC(=S)c1nccnc1OCC1CCCC1. The summed E-state index contributed by atoms with van der Waals surface area (Å²) in [7, 11) is 0. The number of hydrogen-bond acceptors (Lipinski definition) is 4. The van der Waals surface area contributed by atoms with Gasteiger partial charge < -0.3 is 10.5 Å². The summed E-state index contributed by atoms with van der Waals surface area (Å²) in [5.74, 6) is 1.10. The van der Waals surface area contributed by atoms with Gasteiger partial charge in [-0.2, -0.15) is 0 Å². The lowest BCUT2D eigenvalue weighted by Crippen LogP contribution is -2.17. The Bertz CT molecular complexity index is 377. The topological polar surface area (TPSA) is 61.0 Å². The van der Waals surface area contributed by atoms with E-state index in [4.69, 9.17) is 22.7 Å². The molecule has 86 valence electrons. The first-order valence-electron chi connectivity index (χ1n) is 5.51. The van der Waals surface area contributed by atoms with E-state index in [1.807, 2.05) is 0 Å². The molecule has 2 N–H and O–H groups in total. The van der Waals surface area contributed by atoms with Gasteiger partial charge in [-0.1, -0.05) is 25.1 Å². The first-order chi connectivity index (χ1) is 7.77. The molecule has 1 saturated carbocycles. The van der Waals surface area contributed by atoms with E-state index in [9.17, 15) is 0 Å².